The first-order chi connectivity index (χ1) is 7.36. The van der Waals surface area contributed by atoms with Gasteiger partial charge in [-0.1, -0.05) is 20.8 Å². The lowest BCUT2D eigenvalue weighted by Crippen LogP contribution is -2.41. The van der Waals surface area contributed by atoms with E-state index in [1.165, 1.54) is 20.0 Å². The summed E-state index contributed by atoms with van der Waals surface area (Å²) < 4.78 is 4.70. The first-order valence-corrected chi connectivity index (χ1v) is 6.19. The lowest BCUT2D eigenvalue weighted by Gasteiger charge is -2.38. The van der Waals surface area contributed by atoms with Crippen molar-refractivity contribution in [2.45, 2.75) is 52.5 Å². The van der Waals surface area contributed by atoms with Gasteiger partial charge in [0.15, 0.2) is 0 Å². The van der Waals surface area contributed by atoms with Gasteiger partial charge in [0.25, 0.3) is 0 Å². The highest BCUT2D eigenvalue weighted by atomic mass is 35.5. The van der Waals surface area contributed by atoms with E-state index in [1.54, 1.807) is 0 Å². The number of nitrogens with two attached hydrogens (primary N) is 1. The van der Waals surface area contributed by atoms with Crippen molar-refractivity contribution in [2.75, 3.05) is 7.11 Å². The molecule has 0 unspecified atom stereocenters. The zero-order chi connectivity index (χ0) is 12.3. The number of methoxy groups -OCH3 is 1. The molecule has 0 aliphatic heterocycles. The monoisotopic (exact) mass is 263 g/mol. The van der Waals surface area contributed by atoms with Crippen LogP contribution in [0.1, 0.15) is 46.5 Å². The number of carbonyl (C=O) groups excluding carboxylic acids is 1. The smallest absolute Gasteiger partial charge is 0.322 e. The van der Waals surface area contributed by atoms with Crippen molar-refractivity contribution in [1.29, 1.82) is 0 Å². The Bertz CT molecular complexity index is 242. The van der Waals surface area contributed by atoms with Gasteiger partial charge in [-0.15, -0.1) is 12.4 Å². The van der Waals surface area contributed by atoms with Crippen molar-refractivity contribution in [1.82, 2.24) is 0 Å². The number of ether oxygens (including phenoxy) is 1. The van der Waals surface area contributed by atoms with Crippen molar-refractivity contribution in [3.05, 3.63) is 0 Å². The largest absolute Gasteiger partial charge is 0.468 e. The maximum Gasteiger partial charge on any atom is 0.322 e. The molecule has 102 valence electrons. The first-order valence-electron chi connectivity index (χ1n) is 6.19. The number of rotatable bonds is 2. The molecule has 3 nitrogen and oxygen atoms in total. The molecule has 4 heteroatoms. The number of esters is 1. The van der Waals surface area contributed by atoms with Crippen molar-refractivity contribution in [2.24, 2.45) is 23.0 Å². The molecule has 0 spiro atoms. The van der Waals surface area contributed by atoms with Crippen LogP contribution in [0.2, 0.25) is 0 Å². The lowest BCUT2D eigenvalue weighted by atomic mass is 9.68. The van der Waals surface area contributed by atoms with E-state index in [2.05, 4.69) is 20.8 Å². The zero-order valence-corrected chi connectivity index (χ0v) is 12.2. The quantitative estimate of drug-likeness (QED) is 0.780. The van der Waals surface area contributed by atoms with E-state index >= 15 is 0 Å². The average molecular weight is 264 g/mol. The molecule has 1 rings (SSSR count). The predicted octanol–water partition coefficient (Wildman–Crippen LogP) is 2.76. The van der Waals surface area contributed by atoms with E-state index in [0.717, 1.165) is 18.8 Å². The molecule has 1 aliphatic rings. The third-order valence-corrected chi connectivity index (χ3v) is 3.98. The Morgan fingerprint density at radius 3 is 2.06 bits per heavy atom. The number of hydrogen-bond donors (Lipinski definition) is 1. The Morgan fingerprint density at radius 2 is 1.71 bits per heavy atom. The second kappa shape index (κ2) is 6.60. The minimum atomic E-state index is -0.425. The topological polar surface area (TPSA) is 52.3 Å². The van der Waals surface area contributed by atoms with Gasteiger partial charge in [0.1, 0.15) is 6.04 Å². The lowest BCUT2D eigenvalue weighted by molar-refractivity contribution is -0.144. The Labute approximate surface area is 111 Å². The summed E-state index contributed by atoms with van der Waals surface area (Å²) in [5, 5.41) is 0. The minimum absolute atomic E-state index is 0. The summed E-state index contributed by atoms with van der Waals surface area (Å²) in [5.41, 5.74) is 6.26. The Balaban J connectivity index is 0.00000256. The summed E-state index contributed by atoms with van der Waals surface area (Å²) >= 11 is 0. The van der Waals surface area contributed by atoms with Crippen LogP contribution in [0, 0.1) is 17.3 Å². The molecular formula is C13H26ClNO2. The van der Waals surface area contributed by atoms with Gasteiger partial charge in [0, 0.05) is 0 Å². The van der Waals surface area contributed by atoms with Crippen LogP contribution in [0.5, 0.6) is 0 Å². The maximum atomic E-state index is 11.3. The van der Waals surface area contributed by atoms with Crippen molar-refractivity contribution in [3.63, 3.8) is 0 Å². The van der Waals surface area contributed by atoms with Crippen LogP contribution in [0.15, 0.2) is 0 Å². The summed E-state index contributed by atoms with van der Waals surface area (Å²) in [7, 11) is 1.41. The second-order valence-electron chi connectivity index (χ2n) is 6.03. The Hall–Kier alpha value is -0.280. The average Bonchev–Trinajstić information content (AvgIpc) is 2.26. The normalized spacial score (nSPS) is 26.9. The van der Waals surface area contributed by atoms with Gasteiger partial charge < -0.3 is 10.5 Å². The van der Waals surface area contributed by atoms with Crippen molar-refractivity contribution < 1.29 is 9.53 Å². The molecule has 1 atom stereocenters. The molecule has 1 aliphatic carbocycles. The molecule has 0 aromatic carbocycles. The van der Waals surface area contributed by atoms with Crippen LogP contribution in [0.25, 0.3) is 0 Å². The van der Waals surface area contributed by atoms with Crippen molar-refractivity contribution in [3.8, 4) is 0 Å². The van der Waals surface area contributed by atoms with Gasteiger partial charge >= 0.3 is 5.97 Å². The highest BCUT2D eigenvalue weighted by Gasteiger charge is 2.34. The fraction of sp³-hybridized carbons (Fsp3) is 0.923. The van der Waals surface area contributed by atoms with Gasteiger partial charge in [-0.2, -0.15) is 0 Å². The molecule has 1 saturated carbocycles. The van der Waals surface area contributed by atoms with Gasteiger partial charge in [-0.05, 0) is 42.9 Å². The molecule has 0 radical (unpaired) electrons. The summed E-state index contributed by atoms with van der Waals surface area (Å²) in [6.45, 7) is 6.87. The molecule has 1 fully saturated rings. The van der Waals surface area contributed by atoms with E-state index in [-0.39, 0.29) is 18.4 Å². The van der Waals surface area contributed by atoms with Crippen LogP contribution in [0.4, 0.5) is 0 Å². The van der Waals surface area contributed by atoms with E-state index < -0.39 is 6.04 Å². The first kappa shape index (κ1) is 16.7. The molecule has 0 aromatic heterocycles. The van der Waals surface area contributed by atoms with Crippen LogP contribution in [-0.2, 0) is 9.53 Å². The predicted molar refractivity (Wildman–Crippen MR) is 72.1 cm³/mol. The highest BCUT2D eigenvalue weighted by molar-refractivity contribution is 5.85. The summed E-state index contributed by atoms with van der Waals surface area (Å²) in [6, 6.07) is -0.425. The van der Waals surface area contributed by atoms with E-state index in [9.17, 15) is 4.79 Å². The molecule has 0 bridgehead atoms. The second-order valence-corrected chi connectivity index (χ2v) is 6.03. The van der Waals surface area contributed by atoms with Gasteiger partial charge in [0.05, 0.1) is 7.11 Å². The van der Waals surface area contributed by atoms with Crippen molar-refractivity contribution >= 4 is 18.4 Å². The van der Waals surface area contributed by atoms with Crippen LogP contribution in [0.3, 0.4) is 0 Å². The number of carbonyl (C=O) groups is 1. The van der Waals surface area contributed by atoms with Crippen LogP contribution < -0.4 is 5.73 Å². The summed E-state index contributed by atoms with van der Waals surface area (Å²) in [5.74, 6) is 0.804. The van der Waals surface area contributed by atoms with Gasteiger partial charge in [0.2, 0.25) is 0 Å². The van der Waals surface area contributed by atoms with E-state index in [4.69, 9.17) is 10.5 Å². The fourth-order valence-electron chi connectivity index (χ4n) is 2.67. The molecule has 0 aromatic rings. The zero-order valence-electron chi connectivity index (χ0n) is 11.4. The molecule has 0 heterocycles. The third kappa shape index (κ3) is 4.47. The van der Waals surface area contributed by atoms with Gasteiger partial charge in [-0.25, -0.2) is 0 Å². The Morgan fingerprint density at radius 1 is 1.24 bits per heavy atom. The highest BCUT2D eigenvalue weighted by Crippen LogP contribution is 2.40. The van der Waals surface area contributed by atoms with E-state index in [0.29, 0.717) is 11.3 Å². The maximum absolute atomic E-state index is 11.3. The Kier molecular flexibility index (Phi) is 6.49. The molecule has 0 amide bonds. The van der Waals surface area contributed by atoms with Gasteiger partial charge in [-0.3, -0.25) is 4.79 Å². The third-order valence-electron chi connectivity index (χ3n) is 3.98. The minimum Gasteiger partial charge on any atom is -0.468 e. The molecule has 0 saturated heterocycles. The fourth-order valence-corrected chi connectivity index (χ4v) is 2.67. The number of hydrogen-bond acceptors (Lipinski definition) is 3. The van der Waals surface area contributed by atoms with Crippen LogP contribution in [-0.4, -0.2) is 19.1 Å². The van der Waals surface area contributed by atoms with E-state index in [1.807, 2.05) is 0 Å². The SMILES string of the molecule is COC(=O)[C@@H](N)C1CCC(C(C)(C)C)CC1.Cl. The molecule has 2 N–H and O–H groups in total. The standard InChI is InChI=1S/C13H25NO2.ClH/c1-13(2,3)10-7-5-9(6-8-10)11(14)12(15)16-4;/h9-11H,5-8,14H2,1-4H3;1H/t9?,10?,11-;/m0./s1. The molecule has 17 heavy (non-hydrogen) atoms. The summed E-state index contributed by atoms with van der Waals surface area (Å²) in [6.07, 6.45) is 4.47. The number of halogens is 1. The molecular weight excluding hydrogens is 238 g/mol. The van der Waals surface area contributed by atoms with Crippen LogP contribution >= 0.6 is 12.4 Å². The summed E-state index contributed by atoms with van der Waals surface area (Å²) in [4.78, 5) is 11.3.